The maximum absolute atomic E-state index is 5.01. The molecule has 0 fully saturated rings. The highest BCUT2D eigenvalue weighted by Gasteiger charge is 2.17. The fourth-order valence-corrected chi connectivity index (χ4v) is 7.92. The summed E-state index contributed by atoms with van der Waals surface area (Å²) in [4.78, 5) is 39.2. The highest BCUT2D eigenvalue weighted by atomic mass is 15.0. The molecular formula is C56H42N8. The van der Waals surface area contributed by atoms with Gasteiger partial charge >= 0.3 is 0 Å². The van der Waals surface area contributed by atoms with Gasteiger partial charge in [0.1, 0.15) is 5.82 Å². The number of hydrogen-bond acceptors (Lipinski definition) is 8. The number of rotatable bonds is 9. The standard InChI is InChI=1S/C56H42N8/c1-35-13-11-19-46(31-35)55-62-54(63-56(64-55)47-20-12-14-36(2)32-47)44-27-23-40(24-28-44)48-30-29-45(34-49(48)50-33-37(3)57-38(4)58-50)39-21-25-43(26-22-39)53-60-51(41-15-7-5-8-16-41)59-52(61-53)42-17-9-6-10-18-42/h5-34H,1-4H3. The van der Waals surface area contributed by atoms with Gasteiger partial charge in [0.2, 0.25) is 0 Å². The van der Waals surface area contributed by atoms with Gasteiger partial charge in [-0.2, -0.15) is 0 Å². The summed E-state index contributed by atoms with van der Waals surface area (Å²) in [5.74, 6) is 4.47. The summed E-state index contributed by atoms with van der Waals surface area (Å²) in [5, 5.41) is 0. The lowest BCUT2D eigenvalue weighted by atomic mass is 9.92. The van der Waals surface area contributed by atoms with Crippen molar-refractivity contribution in [2.75, 3.05) is 0 Å². The van der Waals surface area contributed by atoms with Crippen molar-refractivity contribution < 1.29 is 0 Å². The molecule has 0 bridgehead atoms. The van der Waals surface area contributed by atoms with Gasteiger partial charge in [-0.3, -0.25) is 0 Å². The first-order valence-corrected chi connectivity index (χ1v) is 21.2. The minimum absolute atomic E-state index is 0.611. The third-order valence-corrected chi connectivity index (χ3v) is 11.1. The molecule has 8 heteroatoms. The molecule has 0 radical (unpaired) electrons. The molecule has 7 aromatic carbocycles. The number of aromatic nitrogens is 8. The van der Waals surface area contributed by atoms with Crippen LogP contribution in [0.2, 0.25) is 0 Å². The van der Waals surface area contributed by atoms with Crippen LogP contribution in [-0.4, -0.2) is 39.9 Å². The van der Waals surface area contributed by atoms with Crippen LogP contribution in [0.3, 0.4) is 0 Å². The Labute approximate surface area is 372 Å². The van der Waals surface area contributed by atoms with Crippen molar-refractivity contribution in [2.45, 2.75) is 27.7 Å². The quantitative estimate of drug-likeness (QED) is 0.142. The molecule has 306 valence electrons. The van der Waals surface area contributed by atoms with Gasteiger partial charge in [0, 0.05) is 44.6 Å². The summed E-state index contributed by atoms with van der Waals surface area (Å²) in [7, 11) is 0. The van der Waals surface area contributed by atoms with E-state index in [1.807, 2.05) is 105 Å². The number of hydrogen-bond donors (Lipinski definition) is 0. The van der Waals surface area contributed by atoms with E-state index < -0.39 is 0 Å². The summed E-state index contributed by atoms with van der Waals surface area (Å²) in [6.45, 7) is 8.10. The van der Waals surface area contributed by atoms with E-state index in [1.165, 1.54) is 0 Å². The van der Waals surface area contributed by atoms with Gasteiger partial charge in [-0.05, 0) is 74.2 Å². The van der Waals surface area contributed by atoms with Gasteiger partial charge in [-0.25, -0.2) is 39.9 Å². The Morgan fingerprint density at radius 2 is 0.641 bits per heavy atom. The minimum Gasteiger partial charge on any atom is -0.239 e. The van der Waals surface area contributed by atoms with E-state index in [4.69, 9.17) is 34.9 Å². The Balaban J connectivity index is 1.02. The van der Waals surface area contributed by atoms with Crippen molar-refractivity contribution in [2.24, 2.45) is 0 Å². The molecule has 10 rings (SSSR count). The average Bonchev–Trinajstić information content (AvgIpc) is 3.34. The second kappa shape index (κ2) is 17.2. The van der Waals surface area contributed by atoms with Crippen molar-refractivity contribution in [3.8, 4) is 102 Å². The molecule has 0 atom stereocenters. The Bertz CT molecular complexity index is 3150. The first kappa shape index (κ1) is 39.8. The van der Waals surface area contributed by atoms with Crippen LogP contribution in [0.15, 0.2) is 182 Å². The summed E-state index contributed by atoms with van der Waals surface area (Å²) >= 11 is 0. The van der Waals surface area contributed by atoms with Crippen LogP contribution in [-0.2, 0) is 0 Å². The highest BCUT2D eigenvalue weighted by Crippen LogP contribution is 2.37. The van der Waals surface area contributed by atoms with Crippen LogP contribution in [0.25, 0.3) is 102 Å². The van der Waals surface area contributed by atoms with Crippen LogP contribution in [0.5, 0.6) is 0 Å². The van der Waals surface area contributed by atoms with Crippen molar-refractivity contribution >= 4 is 0 Å². The smallest absolute Gasteiger partial charge is 0.164 e. The molecule has 0 aliphatic rings. The Hall–Kier alpha value is -8.36. The van der Waals surface area contributed by atoms with Crippen molar-refractivity contribution in [3.63, 3.8) is 0 Å². The molecule has 0 aliphatic carbocycles. The van der Waals surface area contributed by atoms with Crippen LogP contribution in [0.4, 0.5) is 0 Å². The second-order valence-corrected chi connectivity index (χ2v) is 15.9. The van der Waals surface area contributed by atoms with Crippen LogP contribution in [0, 0.1) is 27.7 Å². The lowest BCUT2D eigenvalue weighted by molar-refractivity contribution is 1.02. The summed E-state index contributed by atoms with van der Waals surface area (Å²) in [6.07, 6.45) is 0. The molecule has 0 aliphatic heterocycles. The number of nitrogens with zero attached hydrogens (tertiary/aromatic N) is 8. The molecule has 0 N–H and O–H groups in total. The van der Waals surface area contributed by atoms with E-state index in [-0.39, 0.29) is 0 Å². The molecular weight excluding hydrogens is 785 g/mol. The first-order valence-electron chi connectivity index (χ1n) is 21.2. The minimum atomic E-state index is 0.611. The van der Waals surface area contributed by atoms with E-state index in [0.717, 1.165) is 89.5 Å². The van der Waals surface area contributed by atoms with E-state index in [2.05, 4.69) is 110 Å². The predicted octanol–water partition coefficient (Wildman–Crippen LogP) is 13.1. The van der Waals surface area contributed by atoms with E-state index in [0.29, 0.717) is 34.9 Å². The zero-order chi connectivity index (χ0) is 43.6. The molecule has 0 spiro atoms. The van der Waals surface area contributed by atoms with Gasteiger partial charge < -0.3 is 0 Å². The lowest BCUT2D eigenvalue weighted by Crippen LogP contribution is -2.00. The molecule has 3 aromatic heterocycles. The molecule has 0 saturated carbocycles. The maximum atomic E-state index is 5.01. The largest absolute Gasteiger partial charge is 0.239 e. The number of benzene rings is 7. The first-order chi connectivity index (χ1) is 31.3. The predicted molar refractivity (Wildman–Crippen MR) is 257 cm³/mol. The zero-order valence-corrected chi connectivity index (χ0v) is 35.9. The van der Waals surface area contributed by atoms with Crippen molar-refractivity contribution in [1.29, 1.82) is 0 Å². The van der Waals surface area contributed by atoms with Gasteiger partial charge in [0.15, 0.2) is 34.9 Å². The van der Waals surface area contributed by atoms with Gasteiger partial charge in [-0.1, -0.05) is 169 Å². The van der Waals surface area contributed by atoms with E-state index in [9.17, 15) is 0 Å². The Morgan fingerprint density at radius 3 is 1.09 bits per heavy atom. The third-order valence-electron chi connectivity index (χ3n) is 11.1. The lowest BCUT2D eigenvalue weighted by Gasteiger charge is -2.14. The van der Waals surface area contributed by atoms with Crippen LogP contribution in [0.1, 0.15) is 22.6 Å². The van der Waals surface area contributed by atoms with Crippen LogP contribution < -0.4 is 0 Å². The Kier molecular flexibility index (Phi) is 10.7. The van der Waals surface area contributed by atoms with E-state index >= 15 is 0 Å². The molecule has 0 unspecified atom stereocenters. The zero-order valence-electron chi connectivity index (χ0n) is 35.9. The fraction of sp³-hybridized carbons (Fsp3) is 0.0714. The van der Waals surface area contributed by atoms with Gasteiger partial charge in [0.05, 0.1) is 5.69 Å². The van der Waals surface area contributed by atoms with Gasteiger partial charge in [-0.15, -0.1) is 0 Å². The summed E-state index contributed by atoms with van der Waals surface area (Å²) in [5.41, 5.74) is 14.8. The molecule has 0 saturated heterocycles. The van der Waals surface area contributed by atoms with Crippen LogP contribution >= 0.6 is 0 Å². The molecule has 10 aromatic rings. The average molecular weight is 827 g/mol. The monoisotopic (exact) mass is 826 g/mol. The summed E-state index contributed by atoms with van der Waals surface area (Å²) in [6, 6.07) is 62.1. The fourth-order valence-electron chi connectivity index (χ4n) is 7.92. The molecule has 8 nitrogen and oxygen atoms in total. The van der Waals surface area contributed by atoms with Gasteiger partial charge in [0.25, 0.3) is 0 Å². The Morgan fingerprint density at radius 1 is 0.250 bits per heavy atom. The number of aryl methyl sites for hydroxylation is 4. The SMILES string of the molecule is Cc1cccc(-c2nc(-c3ccc(-c4ccc(-c5ccc(-c6nc(-c7ccccc7)nc(-c7ccccc7)n6)cc5)cc4-c4cc(C)nc(C)n4)cc3)nc(-c3cccc(C)c3)n2)c1. The van der Waals surface area contributed by atoms with E-state index in [1.54, 1.807) is 0 Å². The summed E-state index contributed by atoms with van der Waals surface area (Å²) < 4.78 is 0. The highest BCUT2D eigenvalue weighted by molar-refractivity contribution is 5.87. The topological polar surface area (TPSA) is 103 Å². The normalized spacial score (nSPS) is 11.1. The van der Waals surface area contributed by atoms with Crippen molar-refractivity contribution in [1.82, 2.24) is 39.9 Å². The maximum Gasteiger partial charge on any atom is 0.164 e. The molecule has 64 heavy (non-hydrogen) atoms. The third kappa shape index (κ3) is 8.45. The second-order valence-electron chi connectivity index (χ2n) is 15.9. The van der Waals surface area contributed by atoms with Crippen molar-refractivity contribution in [3.05, 3.63) is 205 Å². The molecule has 0 amide bonds. The molecule has 3 heterocycles.